The van der Waals surface area contributed by atoms with Crippen LogP contribution in [0, 0.1) is 0 Å². The quantitative estimate of drug-likeness (QED) is 0.720. The van der Waals surface area contributed by atoms with E-state index in [1.807, 2.05) is 0 Å². The Morgan fingerprint density at radius 2 is 1.16 bits per heavy atom. The summed E-state index contributed by atoms with van der Waals surface area (Å²) in [6.45, 7) is 0. The Labute approximate surface area is 140 Å². The maximum atomic E-state index is 12.9. The van der Waals surface area contributed by atoms with E-state index < -0.39 is 29.6 Å². The molecule has 0 fully saturated rings. The fourth-order valence-corrected chi connectivity index (χ4v) is 2.67. The topological polar surface area (TPSA) is 20.2 Å². The van der Waals surface area contributed by atoms with E-state index in [1.165, 1.54) is 36.4 Å². The van der Waals surface area contributed by atoms with E-state index in [4.69, 9.17) is 0 Å². The van der Waals surface area contributed by atoms with Crippen molar-refractivity contribution in [2.75, 3.05) is 0 Å². The number of aliphatic hydroxyl groups is 1. The number of rotatable bonds is 5. The molecular formula is C18H16F6O. The summed E-state index contributed by atoms with van der Waals surface area (Å²) in [7, 11) is 0. The Bertz CT molecular complexity index is 705. The second kappa shape index (κ2) is 7.47. The molecule has 1 unspecified atom stereocenters. The van der Waals surface area contributed by atoms with Crippen molar-refractivity contribution in [2.45, 2.75) is 37.7 Å². The molecule has 0 heterocycles. The molecule has 0 bridgehead atoms. The number of benzene rings is 2. The third-order valence-electron chi connectivity index (χ3n) is 3.85. The van der Waals surface area contributed by atoms with E-state index in [0.29, 0.717) is 0 Å². The maximum Gasteiger partial charge on any atom is 0.416 e. The minimum Gasteiger partial charge on any atom is -0.393 e. The van der Waals surface area contributed by atoms with Crippen LogP contribution in [0.2, 0.25) is 0 Å². The number of hydrogen-bond donors (Lipinski definition) is 1. The van der Waals surface area contributed by atoms with Crippen molar-refractivity contribution in [3.63, 3.8) is 0 Å². The van der Waals surface area contributed by atoms with Crippen LogP contribution < -0.4 is 0 Å². The van der Waals surface area contributed by atoms with Gasteiger partial charge < -0.3 is 5.11 Å². The average molecular weight is 362 g/mol. The normalized spacial score (nSPS) is 13.7. The molecular weight excluding hydrogens is 346 g/mol. The molecule has 0 saturated heterocycles. The van der Waals surface area contributed by atoms with Crippen LogP contribution >= 0.6 is 0 Å². The van der Waals surface area contributed by atoms with E-state index in [-0.39, 0.29) is 30.4 Å². The molecule has 2 aromatic rings. The van der Waals surface area contributed by atoms with E-state index in [1.54, 1.807) is 0 Å². The third kappa shape index (κ3) is 5.22. The van der Waals surface area contributed by atoms with Crippen molar-refractivity contribution >= 4 is 0 Å². The number of aliphatic hydroxyl groups excluding tert-OH is 1. The van der Waals surface area contributed by atoms with Crippen molar-refractivity contribution in [1.29, 1.82) is 0 Å². The van der Waals surface area contributed by atoms with Crippen LogP contribution in [0.1, 0.15) is 28.7 Å². The lowest BCUT2D eigenvalue weighted by atomic mass is 9.96. The van der Waals surface area contributed by atoms with Gasteiger partial charge in [0.25, 0.3) is 0 Å². The molecule has 7 heteroatoms. The van der Waals surface area contributed by atoms with Crippen molar-refractivity contribution in [3.05, 3.63) is 70.8 Å². The van der Waals surface area contributed by atoms with Gasteiger partial charge in [-0.3, -0.25) is 0 Å². The molecule has 0 amide bonds. The molecule has 0 aliphatic heterocycles. The number of hydrogen-bond acceptors (Lipinski definition) is 1. The van der Waals surface area contributed by atoms with Gasteiger partial charge in [0.2, 0.25) is 0 Å². The average Bonchev–Trinajstić information content (AvgIpc) is 2.52. The zero-order valence-electron chi connectivity index (χ0n) is 13.0. The molecule has 1 N–H and O–H groups in total. The molecule has 0 radical (unpaired) electrons. The number of aryl methyl sites for hydroxylation is 1. The van der Waals surface area contributed by atoms with Crippen LogP contribution in [-0.4, -0.2) is 11.2 Å². The lowest BCUT2D eigenvalue weighted by molar-refractivity contribution is -0.139. The second-order valence-corrected chi connectivity index (χ2v) is 5.71. The molecule has 1 nitrogen and oxygen atoms in total. The van der Waals surface area contributed by atoms with Gasteiger partial charge in [-0.1, -0.05) is 36.4 Å². The highest BCUT2D eigenvalue weighted by molar-refractivity contribution is 5.31. The Hall–Kier alpha value is -2.02. The van der Waals surface area contributed by atoms with E-state index in [2.05, 4.69) is 0 Å². The van der Waals surface area contributed by atoms with Gasteiger partial charge in [-0.25, -0.2) is 0 Å². The van der Waals surface area contributed by atoms with Gasteiger partial charge in [-0.05, 0) is 42.5 Å². The minimum atomic E-state index is -4.54. The summed E-state index contributed by atoms with van der Waals surface area (Å²) in [5.74, 6) is 0. The summed E-state index contributed by atoms with van der Waals surface area (Å²) in [5, 5.41) is 10.00. The molecule has 136 valence electrons. The fourth-order valence-electron chi connectivity index (χ4n) is 2.67. The predicted octanol–water partition coefficient (Wildman–Crippen LogP) is 5.26. The molecule has 0 aromatic heterocycles. The van der Waals surface area contributed by atoms with E-state index in [9.17, 15) is 31.4 Å². The smallest absolute Gasteiger partial charge is 0.393 e. The highest BCUT2D eigenvalue weighted by Crippen LogP contribution is 2.34. The molecule has 0 spiro atoms. The monoisotopic (exact) mass is 362 g/mol. The van der Waals surface area contributed by atoms with Crippen molar-refractivity contribution < 1.29 is 31.4 Å². The summed E-state index contributed by atoms with van der Waals surface area (Å²) in [6, 6.07) is 9.82. The molecule has 25 heavy (non-hydrogen) atoms. The highest BCUT2D eigenvalue weighted by atomic mass is 19.4. The molecule has 2 aromatic carbocycles. The summed E-state index contributed by atoms with van der Waals surface area (Å²) < 4.78 is 77.5. The Kier molecular flexibility index (Phi) is 5.77. The van der Waals surface area contributed by atoms with Crippen LogP contribution in [0.25, 0.3) is 0 Å². The first-order valence-electron chi connectivity index (χ1n) is 7.57. The summed E-state index contributed by atoms with van der Waals surface area (Å²) in [4.78, 5) is 0. The Balaban J connectivity index is 2.07. The van der Waals surface area contributed by atoms with Crippen LogP contribution in [0.15, 0.2) is 48.5 Å². The minimum absolute atomic E-state index is 0.0122. The first kappa shape index (κ1) is 19.3. The Morgan fingerprint density at radius 3 is 1.68 bits per heavy atom. The lowest BCUT2D eigenvalue weighted by Gasteiger charge is -2.17. The van der Waals surface area contributed by atoms with Crippen molar-refractivity contribution in [2.24, 2.45) is 0 Å². The van der Waals surface area contributed by atoms with Crippen LogP contribution in [0.3, 0.4) is 0 Å². The SMILES string of the molecule is OC(CCc1ccccc1C(F)(F)F)Cc1ccccc1C(F)(F)F. The fraction of sp³-hybridized carbons (Fsp3) is 0.333. The van der Waals surface area contributed by atoms with Gasteiger partial charge in [-0.2, -0.15) is 26.3 Å². The van der Waals surface area contributed by atoms with Gasteiger partial charge in [0, 0.05) is 0 Å². The summed E-state index contributed by atoms with van der Waals surface area (Å²) in [5.41, 5.74) is -1.70. The maximum absolute atomic E-state index is 12.9. The van der Waals surface area contributed by atoms with Crippen LogP contribution in [0.4, 0.5) is 26.3 Å². The van der Waals surface area contributed by atoms with E-state index >= 15 is 0 Å². The van der Waals surface area contributed by atoms with Gasteiger partial charge >= 0.3 is 12.4 Å². The first-order valence-corrected chi connectivity index (χ1v) is 7.57. The van der Waals surface area contributed by atoms with Crippen LogP contribution in [0.5, 0.6) is 0 Å². The Morgan fingerprint density at radius 1 is 0.720 bits per heavy atom. The molecule has 2 rings (SSSR count). The molecule has 1 atom stereocenters. The van der Waals surface area contributed by atoms with Gasteiger partial charge in [-0.15, -0.1) is 0 Å². The molecule has 0 saturated carbocycles. The van der Waals surface area contributed by atoms with E-state index in [0.717, 1.165) is 12.1 Å². The lowest BCUT2D eigenvalue weighted by Crippen LogP contribution is -2.17. The third-order valence-corrected chi connectivity index (χ3v) is 3.85. The van der Waals surface area contributed by atoms with Crippen molar-refractivity contribution in [3.8, 4) is 0 Å². The summed E-state index contributed by atoms with van der Waals surface area (Å²) in [6.07, 6.45) is -10.7. The molecule has 0 aliphatic carbocycles. The largest absolute Gasteiger partial charge is 0.416 e. The predicted molar refractivity (Wildman–Crippen MR) is 80.9 cm³/mol. The van der Waals surface area contributed by atoms with Gasteiger partial charge in [0.05, 0.1) is 17.2 Å². The zero-order valence-corrected chi connectivity index (χ0v) is 13.0. The van der Waals surface area contributed by atoms with Crippen LogP contribution in [-0.2, 0) is 25.2 Å². The standard InChI is InChI=1S/C18H16F6O/c19-17(20,21)15-7-3-1-5-12(15)9-10-14(25)11-13-6-2-4-8-16(13)18(22,23)24/h1-8,14,25H,9-11H2. The van der Waals surface area contributed by atoms with Crippen molar-refractivity contribution in [1.82, 2.24) is 0 Å². The van der Waals surface area contributed by atoms with Gasteiger partial charge in [0.1, 0.15) is 0 Å². The molecule has 0 aliphatic rings. The highest BCUT2D eigenvalue weighted by Gasteiger charge is 2.34. The summed E-state index contributed by atoms with van der Waals surface area (Å²) >= 11 is 0. The zero-order chi connectivity index (χ0) is 18.7. The first-order chi connectivity index (χ1) is 11.6. The second-order valence-electron chi connectivity index (χ2n) is 5.71. The van der Waals surface area contributed by atoms with Gasteiger partial charge in [0.15, 0.2) is 0 Å². The number of alkyl halides is 6. The number of halogens is 6.